The molecule has 2 N–H and O–H groups in total. The van der Waals surface area contributed by atoms with Gasteiger partial charge in [0.2, 0.25) is 0 Å². The van der Waals surface area contributed by atoms with Gasteiger partial charge >= 0.3 is 6.09 Å². The summed E-state index contributed by atoms with van der Waals surface area (Å²) in [5, 5.41) is 10.2. The fourth-order valence-corrected chi connectivity index (χ4v) is 2.96. The first kappa shape index (κ1) is 23.7. The second kappa shape index (κ2) is 9.47. The lowest BCUT2D eigenvalue weighted by Gasteiger charge is -2.26. The van der Waals surface area contributed by atoms with Gasteiger partial charge in [0, 0.05) is 12.2 Å². The number of ether oxygens (including phenoxy) is 1. The molecule has 2 aromatic rings. The van der Waals surface area contributed by atoms with Gasteiger partial charge in [-0.2, -0.15) is 5.10 Å². The van der Waals surface area contributed by atoms with Crippen LogP contribution in [-0.4, -0.2) is 45.0 Å². The van der Waals surface area contributed by atoms with Gasteiger partial charge in [-0.3, -0.25) is 4.79 Å². The van der Waals surface area contributed by atoms with Crippen LogP contribution in [0.25, 0.3) is 5.82 Å². The number of aromatic nitrogens is 3. The maximum absolute atomic E-state index is 12.7. The fraction of sp³-hybridized carbons (Fsp3) is 0.524. The number of hydrogen-bond acceptors (Lipinski definition) is 5. The molecule has 0 aliphatic carbocycles. The Morgan fingerprint density at radius 1 is 1.23 bits per heavy atom. The van der Waals surface area contributed by atoms with Gasteiger partial charge < -0.3 is 15.4 Å². The number of halogens is 1. The van der Waals surface area contributed by atoms with Crippen LogP contribution in [0.2, 0.25) is 5.02 Å². The van der Waals surface area contributed by atoms with Gasteiger partial charge in [0.1, 0.15) is 11.3 Å². The number of rotatable bonds is 6. The summed E-state index contributed by atoms with van der Waals surface area (Å²) in [6.45, 7) is 13.3. The van der Waals surface area contributed by atoms with Gasteiger partial charge in [0.05, 0.1) is 16.8 Å². The van der Waals surface area contributed by atoms with Crippen molar-refractivity contribution in [2.75, 3.05) is 6.54 Å². The van der Waals surface area contributed by atoms with Crippen LogP contribution >= 0.6 is 11.6 Å². The van der Waals surface area contributed by atoms with E-state index in [9.17, 15) is 9.59 Å². The number of aryl methyl sites for hydroxylation is 2. The number of pyridine rings is 1. The van der Waals surface area contributed by atoms with Crippen LogP contribution in [0.15, 0.2) is 18.2 Å². The SMILES string of the molecule is Cc1cc(C)n(-c2ccc(Cl)c(C(=O)NCC(NC(=O)OC(C)(C)C)C(C)C)n2)n1. The monoisotopic (exact) mass is 435 g/mol. The highest BCUT2D eigenvalue weighted by Gasteiger charge is 2.23. The second-order valence-corrected chi connectivity index (χ2v) is 8.95. The molecule has 0 spiro atoms. The number of nitrogens with one attached hydrogen (secondary N) is 2. The summed E-state index contributed by atoms with van der Waals surface area (Å²) in [6, 6.07) is 4.93. The zero-order valence-electron chi connectivity index (χ0n) is 18.5. The van der Waals surface area contributed by atoms with Crippen molar-refractivity contribution in [2.45, 2.75) is 60.1 Å². The van der Waals surface area contributed by atoms with E-state index in [1.165, 1.54) is 0 Å². The van der Waals surface area contributed by atoms with Gasteiger partial charge in [0.25, 0.3) is 5.91 Å². The molecule has 2 rings (SSSR count). The molecule has 1 atom stereocenters. The van der Waals surface area contributed by atoms with E-state index >= 15 is 0 Å². The molecule has 0 aromatic carbocycles. The zero-order valence-corrected chi connectivity index (χ0v) is 19.3. The molecule has 1 unspecified atom stereocenters. The highest BCUT2D eigenvalue weighted by Crippen LogP contribution is 2.18. The van der Waals surface area contributed by atoms with Gasteiger partial charge in [-0.05, 0) is 58.7 Å². The van der Waals surface area contributed by atoms with Crippen molar-refractivity contribution in [3.8, 4) is 5.82 Å². The topological polar surface area (TPSA) is 98.1 Å². The van der Waals surface area contributed by atoms with Crippen molar-refractivity contribution in [1.82, 2.24) is 25.4 Å². The highest BCUT2D eigenvalue weighted by atomic mass is 35.5. The number of carbonyl (C=O) groups excluding carboxylic acids is 2. The van der Waals surface area contributed by atoms with Gasteiger partial charge in [-0.25, -0.2) is 14.5 Å². The maximum atomic E-state index is 12.7. The Morgan fingerprint density at radius 3 is 2.43 bits per heavy atom. The Hall–Kier alpha value is -2.61. The zero-order chi connectivity index (χ0) is 22.6. The summed E-state index contributed by atoms with van der Waals surface area (Å²) in [7, 11) is 0. The smallest absolute Gasteiger partial charge is 0.407 e. The van der Waals surface area contributed by atoms with E-state index in [0.29, 0.717) is 5.82 Å². The lowest BCUT2D eigenvalue weighted by Crippen LogP contribution is -2.48. The van der Waals surface area contributed by atoms with Crippen LogP contribution < -0.4 is 10.6 Å². The first-order valence-corrected chi connectivity index (χ1v) is 10.2. The van der Waals surface area contributed by atoms with Crippen LogP contribution in [-0.2, 0) is 4.74 Å². The standard InChI is InChI=1S/C21H30ClN5O3/c1-12(2)16(24-20(29)30-21(5,6)7)11-23-19(28)18-15(22)8-9-17(25-18)27-14(4)10-13(3)26-27/h8-10,12,16H,11H2,1-7H3,(H,23,28)(H,24,29). The summed E-state index contributed by atoms with van der Waals surface area (Å²) in [5.41, 5.74) is 1.25. The Kier molecular flexibility index (Phi) is 7.47. The average molecular weight is 436 g/mol. The van der Waals surface area contributed by atoms with Crippen molar-refractivity contribution in [1.29, 1.82) is 0 Å². The molecule has 164 valence electrons. The van der Waals surface area contributed by atoms with E-state index in [4.69, 9.17) is 16.3 Å². The molecule has 0 aliphatic rings. The lowest BCUT2D eigenvalue weighted by atomic mass is 10.0. The maximum Gasteiger partial charge on any atom is 0.407 e. The number of alkyl carbamates (subject to hydrolysis) is 1. The van der Waals surface area contributed by atoms with Crippen molar-refractivity contribution in [3.63, 3.8) is 0 Å². The van der Waals surface area contributed by atoms with E-state index in [2.05, 4.69) is 20.7 Å². The van der Waals surface area contributed by atoms with Crippen molar-refractivity contribution < 1.29 is 14.3 Å². The second-order valence-electron chi connectivity index (χ2n) is 8.55. The molecule has 0 saturated carbocycles. The molecule has 0 fully saturated rings. The molecule has 0 saturated heterocycles. The predicted molar refractivity (Wildman–Crippen MR) is 116 cm³/mol. The summed E-state index contributed by atoms with van der Waals surface area (Å²) in [5.74, 6) is 0.143. The van der Waals surface area contributed by atoms with Crippen molar-refractivity contribution in [3.05, 3.63) is 40.3 Å². The Labute approximate surface area is 182 Å². The minimum absolute atomic E-state index is 0.0716. The van der Waals surface area contributed by atoms with E-state index in [-0.39, 0.29) is 29.2 Å². The van der Waals surface area contributed by atoms with Gasteiger partial charge in [0.15, 0.2) is 5.82 Å². The minimum atomic E-state index is -0.601. The molecule has 0 radical (unpaired) electrons. The van der Waals surface area contributed by atoms with E-state index in [1.54, 1.807) is 37.6 Å². The summed E-state index contributed by atoms with van der Waals surface area (Å²) >= 11 is 6.22. The van der Waals surface area contributed by atoms with Gasteiger partial charge in [-0.1, -0.05) is 25.4 Å². The molecule has 2 amide bonds. The highest BCUT2D eigenvalue weighted by molar-refractivity contribution is 6.33. The first-order valence-electron chi connectivity index (χ1n) is 9.85. The van der Waals surface area contributed by atoms with Crippen molar-refractivity contribution >= 4 is 23.6 Å². The summed E-state index contributed by atoms with van der Waals surface area (Å²) in [4.78, 5) is 29.2. The molecular weight excluding hydrogens is 406 g/mol. The number of carbonyl (C=O) groups is 2. The third-order valence-corrected chi connectivity index (χ3v) is 4.57. The summed E-state index contributed by atoms with van der Waals surface area (Å²) < 4.78 is 6.96. The van der Waals surface area contributed by atoms with Crippen LogP contribution in [0.3, 0.4) is 0 Å². The Morgan fingerprint density at radius 2 is 1.90 bits per heavy atom. The molecule has 2 heterocycles. The molecule has 8 nitrogen and oxygen atoms in total. The Balaban J connectivity index is 2.11. The molecule has 0 aliphatic heterocycles. The third kappa shape index (κ3) is 6.45. The lowest BCUT2D eigenvalue weighted by molar-refractivity contribution is 0.0487. The summed E-state index contributed by atoms with van der Waals surface area (Å²) in [6.07, 6.45) is -0.530. The Bertz CT molecular complexity index is 918. The van der Waals surface area contributed by atoms with Crippen LogP contribution in [0.1, 0.15) is 56.5 Å². The fourth-order valence-electron chi connectivity index (χ4n) is 2.77. The van der Waals surface area contributed by atoms with Gasteiger partial charge in [-0.15, -0.1) is 0 Å². The number of nitrogens with zero attached hydrogens (tertiary/aromatic N) is 3. The number of hydrogen-bond donors (Lipinski definition) is 2. The normalized spacial score (nSPS) is 12.6. The molecule has 0 bridgehead atoms. The average Bonchev–Trinajstić information content (AvgIpc) is 2.95. The quantitative estimate of drug-likeness (QED) is 0.718. The van der Waals surface area contributed by atoms with E-state index in [0.717, 1.165) is 11.4 Å². The minimum Gasteiger partial charge on any atom is -0.444 e. The predicted octanol–water partition coefficient (Wildman–Crippen LogP) is 3.82. The van der Waals surface area contributed by atoms with Crippen molar-refractivity contribution in [2.24, 2.45) is 5.92 Å². The third-order valence-electron chi connectivity index (χ3n) is 4.26. The molecule has 9 heteroatoms. The van der Waals surface area contributed by atoms with Crippen LogP contribution in [0.4, 0.5) is 4.79 Å². The van der Waals surface area contributed by atoms with E-state index < -0.39 is 17.6 Å². The molecule has 30 heavy (non-hydrogen) atoms. The first-order chi connectivity index (χ1) is 13.9. The van der Waals surface area contributed by atoms with E-state index in [1.807, 2.05) is 33.8 Å². The molecular formula is C21H30ClN5O3. The largest absolute Gasteiger partial charge is 0.444 e. The van der Waals surface area contributed by atoms with Crippen LogP contribution in [0.5, 0.6) is 0 Å². The number of amides is 2. The van der Waals surface area contributed by atoms with Crippen LogP contribution in [0, 0.1) is 19.8 Å². The molecule has 2 aromatic heterocycles.